The molecule has 0 N–H and O–H groups in total. The third-order valence-corrected chi connectivity index (χ3v) is 2.18. The predicted octanol–water partition coefficient (Wildman–Crippen LogP) is 3.07. The second kappa shape index (κ2) is 5.07. The highest BCUT2D eigenvalue weighted by Gasteiger charge is 1.94. The summed E-state index contributed by atoms with van der Waals surface area (Å²) in [5, 5.41) is 2.33. The molecule has 0 aliphatic carbocycles. The van der Waals surface area contributed by atoms with Crippen LogP contribution in [0.25, 0.3) is 10.9 Å². The van der Waals surface area contributed by atoms with E-state index in [0.29, 0.717) is 0 Å². The van der Waals surface area contributed by atoms with Crippen LogP contribution in [0, 0.1) is 6.92 Å². The molecule has 1 aromatic heterocycles. The molecule has 14 heavy (non-hydrogen) atoms. The van der Waals surface area contributed by atoms with Crippen LogP contribution in [0.3, 0.4) is 0 Å². The van der Waals surface area contributed by atoms with E-state index in [1.807, 2.05) is 20.0 Å². The van der Waals surface area contributed by atoms with Crippen LogP contribution in [0.1, 0.15) is 19.4 Å². The first kappa shape index (κ1) is 11.1. The minimum absolute atomic E-state index is 1.07. The van der Waals surface area contributed by atoms with E-state index in [-0.39, 0.29) is 0 Å². The van der Waals surface area contributed by atoms with E-state index >= 15 is 0 Å². The van der Waals surface area contributed by atoms with Crippen molar-refractivity contribution in [3.63, 3.8) is 0 Å². The maximum absolute atomic E-state index is 4.32. The largest absolute Gasteiger partial charge is 0.256 e. The highest BCUT2D eigenvalue weighted by atomic mass is 31.0. The summed E-state index contributed by atoms with van der Waals surface area (Å²) in [6, 6.07) is 8.42. The maximum atomic E-state index is 4.32. The Labute approximate surface area is 87.8 Å². The first-order valence-corrected chi connectivity index (χ1v) is 5.45. The number of rotatable bonds is 0. The molecule has 1 atom stereocenters. The Morgan fingerprint density at radius 1 is 1.14 bits per heavy atom. The van der Waals surface area contributed by atoms with Crippen LogP contribution in [0.2, 0.25) is 0 Å². The molecule has 1 nitrogen and oxygen atoms in total. The van der Waals surface area contributed by atoms with Gasteiger partial charge in [0.25, 0.3) is 0 Å². The van der Waals surface area contributed by atoms with Crippen LogP contribution >= 0.6 is 9.24 Å². The molecule has 0 aliphatic heterocycles. The molecule has 0 bridgehead atoms. The summed E-state index contributed by atoms with van der Waals surface area (Å²) in [6.07, 6.45) is 1.87. The van der Waals surface area contributed by atoms with Gasteiger partial charge in [-0.15, -0.1) is 9.24 Å². The monoisotopic (exact) mass is 205 g/mol. The van der Waals surface area contributed by atoms with Gasteiger partial charge in [-0.2, -0.15) is 0 Å². The molecular formula is C12H16NP. The highest BCUT2D eigenvalue weighted by Crippen LogP contribution is 2.11. The first-order chi connectivity index (χ1) is 6.75. The zero-order chi connectivity index (χ0) is 10.6. The lowest BCUT2D eigenvalue weighted by molar-refractivity contribution is 1.40. The van der Waals surface area contributed by atoms with E-state index in [9.17, 15) is 0 Å². The summed E-state index contributed by atoms with van der Waals surface area (Å²) in [7, 11) is 2.65. The second-order valence-corrected chi connectivity index (χ2v) is 3.63. The predicted molar refractivity (Wildman–Crippen MR) is 67.2 cm³/mol. The molecule has 0 fully saturated rings. The summed E-state index contributed by atoms with van der Waals surface area (Å²) >= 11 is 0. The highest BCUT2D eigenvalue weighted by molar-refractivity contribution is 7.27. The van der Waals surface area contributed by atoms with E-state index in [4.69, 9.17) is 0 Å². The van der Waals surface area contributed by atoms with Crippen molar-refractivity contribution in [2.45, 2.75) is 20.8 Å². The second-order valence-electron chi connectivity index (χ2n) is 2.96. The summed E-state index contributed by atoms with van der Waals surface area (Å²) in [6.45, 7) is 6.08. The molecule has 1 heterocycles. The molecule has 74 valence electrons. The van der Waals surface area contributed by atoms with Crippen molar-refractivity contribution in [1.29, 1.82) is 0 Å². The standard InChI is InChI=1S/C10H10NP.C2H6/c1-7-2-3-8-5-9(12)6-11-10(8)4-7;1-2/h2-6H,12H2,1H3;1-2H3. The zero-order valence-electron chi connectivity index (χ0n) is 8.91. The van der Waals surface area contributed by atoms with Gasteiger partial charge in [-0.05, 0) is 29.9 Å². The molecule has 0 saturated heterocycles. The van der Waals surface area contributed by atoms with Crippen LogP contribution in [0.15, 0.2) is 30.5 Å². The summed E-state index contributed by atoms with van der Waals surface area (Å²) in [4.78, 5) is 4.32. The Morgan fingerprint density at radius 2 is 1.86 bits per heavy atom. The van der Waals surface area contributed by atoms with E-state index in [1.165, 1.54) is 10.9 Å². The average molecular weight is 205 g/mol. The maximum Gasteiger partial charge on any atom is 0.0705 e. The smallest absolute Gasteiger partial charge is 0.0705 e. The minimum atomic E-state index is 1.07. The zero-order valence-corrected chi connectivity index (χ0v) is 10.1. The number of benzene rings is 1. The molecule has 0 radical (unpaired) electrons. The van der Waals surface area contributed by atoms with E-state index in [1.54, 1.807) is 0 Å². The van der Waals surface area contributed by atoms with Crippen LogP contribution in [-0.4, -0.2) is 4.98 Å². The lowest BCUT2D eigenvalue weighted by Crippen LogP contribution is -1.91. The quantitative estimate of drug-likeness (QED) is 0.602. The lowest BCUT2D eigenvalue weighted by atomic mass is 10.1. The van der Waals surface area contributed by atoms with Gasteiger partial charge < -0.3 is 0 Å². The fourth-order valence-corrected chi connectivity index (χ4v) is 1.50. The van der Waals surface area contributed by atoms with Gasteiger partial charge in [0.05, 0.1) is 5.52 Å². The number of fused-ring (bicyclic) bond motifs is 1. The van der Waals surface area contributed by atoms with Crippen LogP contribution < -0.4 is 5.30 Å². The van der Waals surface area contributed by atoms with Crippen LogP contribution in [0.4, 0.5) is 0 Å². The summed E-state index contributed by atoms with van der Waals surface area (Å²) < 4.78 is 0. The fraction of sp³-hybridized carbons (Fsp3) is 0.250. The van der Waals surface area contributed by atoms with Crippen molar-refractivity contribution in [3.05, 3.63) is 36.0 Å². The fourth-order valence-electron chi connectivity index (χ4n) is 1.25. The molecule has 0 amide bonds. The minimum Gasteiger partial charge on any atom is -0.256 e. The van der Waals surface area contributed by atoms with Crippen molar-refractivity contribution in [3.8, 4) is 0 Å². The Balaban J connectivity index is 0.000000461. The van der Waals surface area contributed by atoms with Crippen molar-refractivity contribution in [2.75, 3.05) is 0 Å². The molecule has 0 saturated carbocycles. The molecule has 2 rings (SSSR count). The van der Waals surface area contributed by atoms with Crippen LogP contribution in [-0.2, 0) is 0 Å². The summed E-state index contributed by atoms with van der Waals surface area (Å²) in [5.74, 6) is 0. The van der Waals surface area contributed by atoms with Gasteiger partial charge in [0.2, 0.25) is 0 Å². The van der Waals surface area contributed by atoms with Crippen molar-refractivity contribution in [1.82, 2.24) is 4.98 Å². The van der Waals surface area contributed by atoms with E-state index in [0.717, 1.165) is 10.8 Å². The van der Waals surface area contributed by atoms with Crippen molar-refractivity contribution >= 4 is 25.4 Å². The number of aryl methyl sites for hydroxylation is 1. The van der Waals surface area contributed by atoms with Crippen molar-refractivity contribution in [2.24, 2.45) is 0 Å². The van der Waals surface area contributed by atoms with Gasteiger partial charge >= 0.3 is 0 Å². The van der Waals surface area contributed by atoms with Gasteiger partial charge in [0.15, 0.2) is 0 Å². The van der Waals surface area contributed by atoms with Gasteiger partial charge in [-0.3, -0.25) is 4.98 Å². The molecule has 0 aliphatic rings. The third-order valence-electron chi connectivity index (χ3n) is 1.86. The first-order valence-electron chi connectivity index (χ1n) is 4.87. The van der Waals surface area contributed by atoms with Gasteiger partial charge in [0.1, 0.15) is 0 Å². The topological polar surface area (TPSA) is 12.9 Å². The SMILES string of the molecule is CC.Cc1ccc2cc(P)cnc2c1. The number of aromatic nitrogens is 1. The van der Waals surface area contributed by atoms with Crippen LogP contribution in [0.5, 0.6) is 0 Å². The van der Waals surface area contributed by atoms with E-state index in [2.05, 4.69) is 45.4 Å². The lowest BCUT2D eigenvalue weighted by Gasteiger charge is -1.98. The number of nitrogens with zero attached hydrogens (tertiary/aromatic N) is 1. The molecule has 1 unspecified atom stereocenters. The Hall–Kier alpha value is -0.940. The van der Waals surface area contributed by atoms with Gasteiger partial charge in [-0.25, -0.2) is 0 Å². The summed E-state index contributed by atoms with van der Waals surface area (Å²) in [5.41, 5.74) is 2.33. The molecule has 2 aromatic rings. The van der Waals surface area contributed by atoms with E-state index < -0.39 is 0 Å². The average Bonchev–Trinajstić information content (AvgIpc) is 2.21. The Morgan fingerprint density at radius 3 is 2.57 bits per heavy atom. The molecule has 2 heteroatoms. The van der Waals surface area contributed by atoms with Gasteiger partial charge in [0, 0.05) is 11.6 Å². The number of hydrogen-bond acceptors (Lipinski definition) is 1. The van der Waals surface area contributed by atoms with Crippen molar-refractivity contribution < 1.29 is 0 Å². The Kier molecular flexibility index (Phi) is 4.03. The molecule has 0 spiro atoms. The Bertz CT molecular complexity index is 382. The van der Waals surface area contributed by atoms with Gasteiger partial charge in [-0.1, -0.05) is 26.0 Å². The third kappa shape index (κ3) is 2.52. The molecule has 1 aromatic carbocycles. The number of pyridine rings is 1. The number of hydrogen-bond donors (Lipinski definition) is 0. The molecular weight excluding hydrogens is 189 g/mol. The normalized spacial score (nSPS) is 9.43.